The van der Waals surface area contributed by atoms with E-state index in [2.05, 4.69) is 33.4 Å². The standard InChI is InChI=1S/C7H13/c1-5-6-7(2,3)4/h1,6H2,2-4H3/q-1. The second kappa shape index (κ2) is 2.15. The van der Waals surface area contributed by atoms with Crippen LogP contribution < -0.4 is 0 Å². The van der Waals surface area contributed by atoms with Crippen LogP contribution in [0.25, 0.3) is 0 Å². The highest BCUT2D eigenvalue weighted by Gasteiger charge is 1.98. The Kier molecular flexibility index (Phi) is 2.07. The summed E-state index contributed by atoms with van der Waals surface area (Å²) in [5.41, 5.74) is 0.377. The van der Waals surface area contributed by atoms with Gasteiger partial charge in [0.05, 0.1) is 0 Å². The maximum atomic E-state index is 3.52. The third-order valence-electron chi connectivity index (χ3n) is 0.655. The first kappa shape index (κ1) is 6.74. The van der Waals surface area contributed by atoms with E-state index in [1.165, 1.54) is 0 Å². The minimum atomic E-state index is 0.377. The number of hydrogen-bond donors (Lipinski definition) is 0. The zero-order chi connectivity index (χ0) is 5.91. The lowest BCUT2D eigenvalue weighted by Gasteiger charge is -2.21. The number of hydrogen-bond acceptors (Lipinski definition) is 0. The van der Waals surface area contributed by atoms with E-state index in [1.807, 2.05) is 0 Å². The first-order valence-electron chi connectivity index (χ1n) is 2.56. The molecule has 0 heterocycles. The summed E-state index contributed by atoms with van der Waals surface area (Å²) >= 11 is 0. The Hall–Kier alpha value is -0.260. The molecular weight excluding hydrogens is 84.1 g/mol. The van der Waals surface area contributed by atoms with Crippen LogP contribution in [0.3, 0.4) is 0 Å². The summed E-state index contributed by atoms with van der Waals surface area (Å²) in [4.78, 5) is 0. The van der Waals surface area contributed by atoms with E-state index in [1.54, 1.807) is 0 Å². The highest BCUT2D eigenvalue weighted by Crippen LogP contribution is 2.17. The van der Waals surface area contributed by atoms with Gasteiger partial charge in [0.25, 0.3) is 0 Å². The van der Waals surface area contributed by atoms with Crippen LogP contribution in [0.5, 0.6) is 0 Å². The van der Waals surface area contributed by atoms with E-state index in [9.17, 15) is 0 Å². The highest BCUT2D eigenvalue weighted by atomic mass is 14.1. The van der Waals surface area contributed by atoms with Gasteiger partial charge in [-0.1, -0.05) is 26.2 Å². The monoisotopic (exact) mass is 97.1 g/mol. The third-order valence-corrected chi connectivity index (χ3v) is 0.655. The molecule has 0 aliphatic rings. The molecule has 0 rings (SSSR count). The van der Waals surface area contributed by atoms with Crippen molar-refractivity contribution in [1.29, 1.82) is 0 Å². The Labute approximate surface area is 46.2 Å². The summed E-state index contributed by atoms with van der Waals surface area (Å²) in [6.45, 7) is 10.0. The molecule has 0 aromatic heterocycles. The Bertz CT molecular complexity index is 54.9. The first-order valence-corrected chi connectivity index (χ1v) is 2.56. The largest absolute Gasteiger partial charge is 0.504 e. The molecule has 0 aliphatic carbocycles. The Balaban J connectivity index is 3.34. The molecule has 0 bridgehead atoms. The van der Waals surface area contributed by atoms with Crippen molar-refractivity contribution in [2.24, 2.45) is 5.41 Å². The Morgan fingerprint density at radius 1 is 1.43 bits per heavy atom. The molecule has 0 saturated heterocycles. The van der Waals surface area contributed by atoms with E-state index < -0.39 is 0 Å². The van der Waals surface area contributed by atoms with E-state index in [-0.39, 0.29) is 0 Å². The maximum absolute atomic E-state index is 3.52. The summed E-state index contributed by atoms with van der Waals surface area (Å²) in [6.07, 6.45) is 3.84. The maximum Gasteiger partial charge on any atom is -0.0625 e. The fourth-order valence-electron chi connectivity index (χ4n) is 0.375. The summed E-state index contributed by atoms with van der Waals surface area (Å²) in [7, 11) is 0. The second-order valence-electron chi connectivity index (χ2n) is 2.99. The van der Waals surface area contributed by atoms with Crippen molar-refractivity contribution in [2.75, 3.05) is 0 Å². The van der Waals surface area contributed by atoms with Gasteiger partial charge in [-0.15, -0.1) is 0 Å². The molecular formula is C7H13-. The molecule has 0 saturated carbocycles. The molecule has 42 valence electrons. The van der Waals surface area contributed by atoms with Gasteiger partial charge in [-0.25, -0.2) is 0 Å². The molecule has 0 aromatic carbocycles. The van der Waals surface area contributed by atoms with Crippen molar-refractivity contribution in [3.63, 3.8) is 0 Å². The number of allylic oxidation sites excluding steroid dienone is 1. The molecule has 0 aliphatic heterocycles. The summed E-state index contributed by atoms with van der Waals surface area (Å²) in [5.74, 6) is 0. The van der Waals surface area contributed by atoms with Crippen LogP contribution >= 0.6 is 0 Å². The van der Waals surface area contributed by atoms with Gasteiger partial charge >= 0.3 is 0 Å². The Morgan fingerprint density at radius 2 is 1.86 bits per heavy atom. The van der Waals surface area contributed by atoms with Crippen LogP contribution in [0.1, 0.15) is 27.2 Å². The van der Waals surface area contributed by atoms with E-state index in [4.69, 9.17) is 0 Å². The zero-order valence-electron chi connectivity index (χ0n) is 5.41. The normalized spacial score (nSPS) is 11.3. The minimum absolute atomic E-state index is 0.377. The second-order valence-corrected chi connectivity index (χ2v) is 2.99. The van der Waals surface area contributed by atoms with Crippen molar-refractivity contribution < 1.29 is 0 Å². The summed E-state index contributed by atoms with van der Waals surface area (Å²) in [6, 6.07) is 0. The zero-order valence-corrected chi connectivity index (χ0v) is 5.41. The molecule has 0 amide bonds. The topological polar surface area (TPSA) is 0 Å². The molecule has 7 heavy (non-hydrogen) atoms. The molecule has 0 nitrogen and oxygen atoms in total. The van der Waals surface area contributed by atoms with Crippen molar-refractivity contribution in [3.05, 3.63) is 12.7 Å². The lowest BCUT2D eigenvalue weighted by atomic mass is 9.93. The number of rotatable bonds is 1. The quantitative estimate of drug-likeness (QED) is 0.441. The lowest BCUT2D eigenvalue weighted by molar-refractivity contribution is 0.415. The predicted molar refractivity (Wildman–Crippen MR) is 32.9 cm³/mol. The van der Waals surface area contributed by atoms with Crippen LogP contribution in [0.4, 0.5) is 0 Å². The fourth-order valence-corrected chi connectivity index (χ4v) is 0.375. The fraction of sp³-hybridized carbons (Fsp3) is 0.714. The van der Waals surface area contributed by atoms with Crippen molar-refractivity contribution in [1.82, 2.24) is 0 Å². The van der Waals surface area contributed by atoms with Crippen molar-refractivity contribution >= 4 is 0 Å². The van der Waals surface area contributed by atoms with Gasteiger partial charge in [-0.05, 0) is 0 Å². The van der Waals surface area contributed by atoms with Gasteiger partial charge in [-0.2, -0.15) is 6.42 Å². The molecule has 0 spiro atoms. The molecule has 0 fully saturated rings. The lowest BCUT2D eigenvalue weighted by Crippen LogP contribution is -2.01. The van der Waals surface area contributed by atoms with Crippen molar-refractivity contribution in [2.45, 2.75) is 27.2 Å². The minimum Gasteiger partial charge on any atom is -0.504 e. The molecule has 0 aromatic rings. The van der Waals surface area contributed by atoms with Gasteiger partial charge < -0.3 is 6.08 Å². The van der Waals surface area contributed by atoms with E-state index >= 15 is 0 Å². The van der Waals surface area contributed by atoms with Gasteiger partial charge in [0.1, 0.15) is 0 Å². The summed E-state index contributed by atoms with van der Waals surface area (Å²) < 4.78 is 0. The first-order chi connectivity index (χ1) is 3.06. The van der Waals surface area contributed by atoms with Gasteiger partial charge in [0.15, 0.2) is 0 Å². The average Bonchev–Trinajstić information content (AvgIpc) is 1.30. The third kappa shape index (κ3) is 5.74. The molecule has 0 atom stereocenters. The van der Waals surface area contributed by atoms with Crippen LogP contribution in [-0.2, 0) is 0 Å². The van der Waals surface area contributed by atoms with Crippen LogP contribution in [-0.4, -0.2) is 0 Å². The van der Waals surface area contributed by atoms with Crippen molar-refractivity contribution in [3.8, 4) is 0 Å². The van der Waals surface area contributed by atoms with Gasteiger partial charge in [-0.3, -0.25) is 6.58 Å². The van der Waals surface area contributed by atoms with E-state index in [0.29, 0.717) is 5.41 Å². The molecule has 0 radical (unpaired) electrons. The summed E-state index contributed by atoms with van der Waals surface area (Å²) in [5, 5.41) is 0. The van der Waals surface area contributed by atoms with Crippen LogP contribution in [0.15, 0.2) is 6.58 Å². The highest BCUT2D eigenvalue weighted by molar-refractivity contribution is 4.68. The molecule has 0 N–H and O–H groups in total. The molecule has 0 heteroatoms. The van der Waals surface area contributed by atoms with Gasteiger partial charge in [0.2, 0.25) is 0 Å². The molecule has 0 unspecified atom stereocenters. The van der Waals surface area contributed by atoms with Gasteiger partial charge in [0, 0.05) is 0 Å². The van der Waals surface area contributed by atoms with Crippen LogP contribution in [0, 0.1) is 11.5 Å². The Morgan fingerprint density at radius 3 is 1.86 bits per heavy atom. The smallest absolute Gasteiger partial charge is 0.0625 e. The van der Waals surface area contributed by atoms with Crippen LogP contribution in [0.2, 0.25) is 0 Å². The van der Waals surface area contributed by atoms with E-state index in [0.717, 1.165) is 6.42 Å². The average molecular weight is 97.2 g/mol. The predicted octanol–water partition coefficient (Wildman–Crippen LogP) is 2.41. The SMILES string of the molecule is C=[C-]CC(C)(C)C.